The Morgan fingerprint density at radius 2 is 2.08 bits per heavy atom. The second kappa shape index (κ2) is 4.05. The molecule has 0 saturated heterocycles. The Morgan fingerprint density at radius 1 is 1.38 bits per heavy atom. The molecule has 1 aromatic carbocycles. The zero-order valence-electron chi connectivity index (χ0n) is 6.91. The van der Waals surface area contributed by atoms with Crippen LogP contribution in [0, 0.1) is 0 Å². The molecule has 13 heavy (non-hydrogen) atoms. The van der Waals surface area contributed by atoms with Gasteiger partial charge < -0.3 is 4.74 Å². The first-order valence-electron chi connectivity index (χ1n) is 3.53. The number of halogens is 1. The molecular formula is C9H7ClO3. The third kappa shape index (κ3) is 2.29. The molecule has 0 radical (unpaired) electrons. The molecule has 0 aromatic heterocycles. The predicted molar refractivity (Wildman–Crippen MR) is 48.2 cm³/mol. The summed E-state index contributed by atoms with van der Waals surface area (Å²) in [6.07, 6.45) is 0. The SMILES string of the molecule is COc1cccc(C(=O)C(=O)Cl)c1. The Morgan fingerprint density at radius 3 is 2.62 bits per heavy atom. The smallest absolute Gasteiger partial charge is 0.293 e. The van der Waals surface area contributed by atoms with Gasteiger partial charge >= 0.3 is 0 Å². The van der Waals surface area contributed by atoms with Crippen molar-refractivity contribution in [1.29, 1.82) is 0 Å². The minimum Gasteiger partial charge on any atom is -0.497 e. The molecule has 0 N–H and O–H groups in total. The second-order valence-corrected chi connectivity index (χ2v) is 2.68. The van der Waals surface area contributed by atoms with Crippen LogP contribution in [0.4, 0.5) is 0 Å². The molecule has 1 aromatic rings. The van der Waals surface area contributed by atoms with Crippen molar-refractivity contribution in [3.8, 4) is 5.75 Å². The lowest BCUT2D eigenvalue weighted by atomic mass is 10.1. The summed E-state index contributed by atoms with van der Waals surface area (Å²) in [6.45, 7) is 0. The van der Waals surface area contributed by atoms with Gasteiger partial charge in [-0.1, -0.05) is 12.1 Å². The van der Waals surface area contributed by atoms with Crippen molar-refractivity contribution >= 4 is 22.6 Å². The van der Waals surface area contributed by atoms with Gasteiger partial charge in [-0.25, -0.2) is 0 Å². The number of hydrogen-bond donors (Lipinski definition) is 0. The number of Topliss-reactive ketones (excluding diaryl/α,β-unsaturated/α-hetero) is 1. The van der Waals surface area contributed by atoms with Crippen molar-refractivity contribution in [2.75, 3.05) is 7.11 Å². The van der Waals surface area contributed by atoms with E-state index in [9.17, 15) is 9.59 Å². The largest absolute Gasteiger partial charge is 0.497 e. The van der Waals surface area contributed by atoms with Gasteiger partial charge in [0.1, 0.15) is 5.75 Å². The van der Waals surface area contributed by atoms with E-state index in [4.69, 9.17) is 16.3 Å². The van der Waals surface area contributed by atoms with Crippen LogP contribution in [0.2, 0.25) is 0 Å². The maximum atomic E-state index is 11.1. The third-order valence-corrected chi connectivity index (χ3v) is 1.68. The number of carbonyl (C=O) groups excluding carboxylic acids is 2. The highest BCUT2D eigenvalue weighted by molar-refractivity contribution is 6.83. The lowest BCUT2D eigenvalue weighted by Gasteiger charge is -2.00. The molecule has 0 fully saturated rings. The Balaban J connectivity index is 3.02. The average Bonchev–Trinajstić information content (AvgIpc) is 2.16. The zero-order chi connectivity index (χ0) is 9.84. The fraction of sp³-hybridized carbons (Fsp3) is 0.111. The molecule has 0 aliphatic carbocycles. The molecule has 1 rings (SSSR count). The maximum Gasteiger partial charge on any atom is 0.293 e. The Kier molecular flexibility index (Phi) is 3.03. The van der Waals surface area contributed by atoms with E-state index in [0.29, 0.717) is 5.75 Å². The first-order chi connectivity index (χ1) is 6.15. The summed E-state index contributed by atoms with van der Waals surface area (Å²) in [5, 5.41) is -0.992. The third-order valence-electron chi connectivity index (χ3n) is 1.51. The molecule has 0 atom stereocenters. The lowest BCUT2D eigenvalue weighted by Crippen LogP contribution is -2.07. The van der Waals surface area contributed by atoms with E-state index >= 15 is 0 Å². The van der Waals surface area contributed by atoms with Crippen molar-refractivity contribution in [2.45, 2.75) is 0 Å². The summed E-state index contributed by atoms with van der Waals surface area (Å²) in [7, 11) is 1.48. The van der Waals surface area contributed by atoms with Crippen LogP contribution < -0.4 is 4.74 Å². The van der Waals surface area contributed by atoms with Crippen LogP contribution in [0.3, 0.4) is 0 Å². The monoisotopic (exact) mass is 198 g/mol. The van der Waals surface area contributed by atoms with Gasteiger partial charge in [0.15, 0.2) is 0 Å². The van der Waals surface area contributed by atoms with E-state index in [2.05, 4.69) is 0 Å². The average molecular weight is 199 g/mol. The Hall–Kier alpha value is -1.35. The van der Waals surface area contributed by atoms with Crippen molar-refractivity contribution in [3.63, 3.8) is 0 Å². The van der Waals surface area contributed by atoms with Crippen LogP contribution in [0.5, 0.6) is 5.75 Å². The molecule has 0 unspecified atom stereocenters. The fourth-order valence-corrected chi connectivity index (χ4v) is 0.987. The van der Waals surface area contributed by atoms with Gasteiger partial charge in [0, 0.05) is 5.56 Å². The topological polar surface area (TPSA) is 43.4 Å². The second-order valence-electron chi connectivity index (χ2n) is 2.33. The van der Waals surface area contributed by atoms with Crippen molar-refractivity contribution in [3.05, 3.63) is 29.8 Å². The first kappa shape index (κ1) is 9.74. The number of carbonyl (C=O) groups is 2. The highest BCUT2D eigenvalue weighted by atomic mass is 35.5. The molecule has 4 heteroatoms. The van der Waals surface area contributed by atoms with Crippen molar-refractivity contribution in [2.24, 2.45) is 0 Å². The summed E-state index contributed by atoms with van der Waals surface area (Å²) < 4.78 is 4.88. The molecule has 0 aliphatic heterocycles. The van der Waals surface area contributed by atoms with Crippen molar-refractivity contribution < 1.29 is 14.3 Å². The van der Waals surface area contributed by atoms with Crippen LogP contribution in [0.25, 0.3) is 0 Å². The van der Waals surface area contributed by atoms with E-state index in [1.807, 2.05) is 0 Å². The number of hydrogen-bond acceptors (Lipinski definition) is 3. The number of ether oxygens (including phenoxy) is 1. The quantitative estimate of drug-likeness (QED) is 0.421. The van der Waals surface area contributed by atoms with Crippen LogP contribution >= 0.6 is 11.6 Å². The van der Waals surface area contributed by atoms with Crippen LogP contribution in [0.15, 0.2) is 24.3 Å². The predicted octanol–water partition coefficient (Wildman–Crippen LogP) is 1.64. The number of ketones is 1. The van der Waals surface area contributed by atoms with Gasteiger partial charge in [0.25, 0.3) is 5.24 Å². The molecule has 0 saturated carbocycles. The molecular weight excluding hydrogens is 192 g/mol. The molecule has 0 bridgehead atoms. The summed E-state index contributed by atoms with van der Waals surface area (Å²) in [5.74, 6) is -0.204. The Labute approximate surface area is 80.3 Å². The molecule has 0 aliphatic rings. The minimum atomic E-state index is -0.992. The number of rotatable bonds is 3. The lowest BCUT2D eigenvalue weighted by molar-refractivity contribution is -0.108. The summed E-state index contributed by atoms with van der Waals surface area (Å²) >= 11 is 5.03. The first-order valence-corrected chi connectivity index (χ1v) is 3.91. The molecule has 0 heterocycles. The van der Waals surface area contributed by atoms with E-state index in [1.165, 1.54) is 19.2 Å². The highest BCUT2D eigenvalue weighted by Crippen LogP contribution is 2.13. The summed E-state index contributed by atoms with van der Waals surface area (Å²) in [6, 6.07) is 6.26. The normalized spacial score (nSPS) is 9.38. The van der Waals surface area contributed by atoms with Gasteiger partial charge in [-0.15, -0.1) is 0 Å². The van der Waals surface area contributed by atoms with Gasteiger partial charge in [0.2, 0.25) is 5.78 Å². The molecule has 0 amide bonds. The Bertz CT molecular complexity index is 346. The maximum absolute atomic E-state index is 11.1. The van der Waals surface area contributed by atoms with E-state index in [-0.39, 0.29) is 5.56 Å². The molecule has 0 spiro atoms. The highest BCUT2D eigenvalue weighted by Gasteiger charge is 2.13. The van der Waals surface area contributed by atoms with Gasteiger partial charge in [-0.05, 0) is 23.7 Å². The van der Waals surface area contributed by atoms with E-state index in [0.717, 1.165) is 0 Å². The number of benzene rings is 1. The van der Waals surface area contributed by atoms with Crippen molar-refractivity contribution in [1.82, 2.24) is 0 Å². The summed E-state index contributed by atoms with van der Waals surface area (Å²) in [4.78, 5) is 21.6. The van der Waals surface area contributed by atoms with Crippen LogP contribution in [-0.2, 0) is 4.79 Å². The summed E-state index contributed by atoms with van der Waals surface area (Å²) in [5.41, 5.74) is 0.236. The van der Waals surface area contributed by atoms with E-state index in [1.54, 1.807) is 12.1 Å². The van der Waals surface area contributed by atoms with Crippen LogP contribution in [0.1, 0.15) is 10.4 Å². The molecule has 3 nitrogen and oxygen atoms in total. The number of methoxy groups -OCH3 is 1. The fourth-order valence-electron chi connectivity index (χ4n) is 0.878. The minimum absolute atomic E-state index is 0.236. The van der Waals surface area contributed by atoms with Gasteiger partial charge in [-0.2, -0.15) is 0 Å². The zero-order valence-corrected chi connectivity index (χ0v) is 7.67. The van der Waals surface area contributed by atoms with E-state index < -0.39 is 11.0 Å². The molecule has 68 valence electrons. The van der Waals surface area contributed by atoms with Gasteiger partial charge in [-0.3, -0.25) is 9.59 Å². The van der Waals surface area contributed by atoms with Gasteiger partial charge in [0.05, 0.1) is 7.11 Å². The standard InChI is InChI=1S/C9H7ClO3/c1-13-7-4-2-3-6(5-7)8(11)9(10)12/h2-5H,1H3. The van der Waals surface area contributed by atoms with Crippen LogP contribution in [-0.4, -0.2) is 18.1 Å².